The molecule has 1 fully saturated rings. The summed E-state index contributed by atoms with van der Waals surface area (Å²) in [6.45, 7) is 1.88. The minimum atomic E-state index is -1.92. The molecular formula is C7H14O2P+. The van der Waals surface area contributed by atoms with E-state index in [2.05, 4.69) is 0 Å². The average molecular weight is 161 g/mol. The Morgan fingerprint density at radius 2 is 2.00 bits per heavy atom. The predicted octanol–water partition coefficient (Wildman–Crippen LogP) is 2.30. The van der Waals surface area contributed by atoms with Gasteiger partial charge >= 0.3 is 8.03 Å². The third kappa shape index (κ3) is 1.77. The molecule has 1 aliphatic rings. The molecule has 2 nitrogen and oxygen atoms in total. The van der Waals surface area contributed by atoms with Gasteiger partial charge in [-0.05, 0) is 24.3 Å². The minimum absolute atomic E-state index is 0.0255. The van der Waals surface area contributed by atoms with Crippen LogP contribution in [0, 0.1) is 5.92 Å². The quantitative estimate of drug-likeness (QED) is 0.631. The van der Waals surface area contributed by atoms with Crippen LogP contribution in [0.15, 0.2) is 0 Å². The highest BCUT2D eigenvalue weighted by Gasteiger charge is 2.34. The maximum absolute atomic E-state index is 10.6. The summed E-state index contributed by atoms with van der Waals surface area (Å²) >= 11 is 0. The third-order valence-electron chi connectivity index (χ3n) is 2.43. The predicted molar refractivity (Wildman–Crippen MR) is 41.2 cm³/mol. The first kappa shape index (κ1) is 8.16. The van der Waals surface area contributed by atoms with Crippen molar-refractivity contribution in [3.63, 3.8) is 0 Å². The van der Waals surface area contributed by atoms with E-state index < -0.39 is 8.03 Å². The molecule has 0 radical (unpaired) electrons. The molecule has 1 rings (SSSR count). The van der Waals surface area contributed by atoms with Crippen LogP contribution in [0.25, 0.3) is 0 Å². The van der Waals surface area contributed by atoms with Gasteiger partial charge in [-0.1, -0.05) is 12.8 Å². The summed E-state index contributed by atoms with van der Waals surface area (Å²) in [5.41, 5.74) is 0.0255. The lowest BCUT2D eigenvalue weighted by Gasteiger charge is -2.04. The molecule has 1 aliphatic carbocycles. The second-order valence-corrected chi connectivity index (χ2v) is 4.51. The van der Waals surface area contributed by atoms with E-state index in [4.69, 9.17) is 4.89 Å². The molecule has 0 aromatic heterocycles. The summed E-state index contributed by atoms with van der Waals surface area (Å²) in [7, 11) is -1.92. The highest BCUT2D eigenvalue weighted by molar-refractivity contribution is 7.38. The Morgan fingerprint density at radius 1 is 1.50 bits per heavy atom. The minimum Gasteiger partial charge on any atom is -0.161 e. The van der Waals surface area contributed by atoms with E-state index in [0.717, 1.165) is 12.8 Å². The maximum atomic E-state index is 10.6. The van der Waals surface area contributed by atoms with Crippen molar-refractivity contribution in [2.45, 2.75) is 38.3 Å². The topological polar surface area (TPSA) is 37.3 Å². The first-order valence-electron chi connectivity index (χ1n) is 3.87. The molecule has 0 heterocycles. The summed E-state index contributed by atoms with van der Waals surface area (Å²) in [6.07, 6.45) is 4.81. The summed E-state index contributed by atoms with van der Waals surface area (Å²) < 4.78 is 10.6. The molecule has 2 atom stereocenters. The first-order valence-corrected chi connectivity index (χ1v) is 5.15. The summed E-state index contributed by atoms with van der Waals surface area (Å²) in [5, 5.41) is 0. The fourth-order valence-electron chi connectivity index (χ4n) is 1.62. The molecule has 0 amide bonds. The van der Waals surface area contributed by atoms with E-state index in [1.807, 2.05) is 6.92 Å². The van der Waals surface area contributed by atoms with E-state index in [1.54, 1.807) is 0 Å². The SMILES string of the molecule is CC(C1CCCC1)[P+](=O)O. The molecule has 0 aromatic rings. The molecule has 0 spiro atoms. The van der Waals surface area contributed by atoms with E-state index in [9.17, 15) is 4.57 Å². The Bertz CT molecular complexity index is 130. The van der Waals surface area contributed by atoms with Crippen molar-refractivity contribution >= 4 is 8.03 Å². The van der Waals surface area contributed by atoms with Crippen molar-refractivity contribution in [1.82, 2.24) is 0 Å². The van der Waals surface area contributed by atoms with Gasteiger partial charge in [0.2, 0.25) is 0 Å². The van der Waals surface area contributed by atoms with Gasteiger partial charge in [0.05, 0.1) is 0 Å². The van der Waals surface area contributed by atoms with Gasteiger partial charge in [-0.15, -0.1) is 0 Å². The van der Waals surface area contributed by atoms with Crippen LogP contribution in [-0.2, 0) is 4.57 Å². The standard InChI is InChI=1S/C7H13O2P/c1-6(10(8)9)7-4-2-3-5-7/h6-7H,2-5H2,1H3/p+1. The molecule has 1 saturated carbocycles. The van der Waals surface area contributed by atoms with Crippen LogP contribution in [0.2, 0.25) is 0 Å². The lowest BCUT2D eigenvalue weighted by molar-refractivity contribution is 0.450. The largest absolute Gasteiger partial charge is 0.508 e. The highest BCUT2D eigenvalue weighted by Crippen LogP contribution is 2.38. The van der Waals surface area contributed by atoms with Crippen LogP contribution < -0.4 is 0 Å². The molecule has 2 unspecified atom stereocenters. The lowest BCUT2D eigenvalue weighted by atomic mass is 10.1. The third-order valence-corrected chi connectivity index (χ3v) is 3.55. The zero-order chi connectivity index (χ0) is 7.56. The van der Waals surface area contributed by atoms with Crippen LogP contribution in [0.1, 0.15) is 32.6 Å². The molecular weight excluding hydrogens is 147 g/mol. The van der Waals surface area contributed by atoms with Gasteiger partial charge in [0.15, 0.2) is 5.66 Å². The van der Waals surface area contributed by atoms with E-state index in [1.165, 1.54) is 12.8 Å². The molecule has 10 heavy (non-hydrogen) atoms. The fourth-order valence-corrected chi connectivity index (χ4v) is 2.28. The van der Waals surface area contributed by atoms with Gasteiger partial charge in [0.1, 0.15) is 0 Å². The van der Waals surface area contributed by atoms with Crippen molar-refractivity contribution in [3.8, 4) is 0 Å². The van der Waals surface area contributed by atoms with Crippen molar-refractivity contribution in [2.75, 3.05) is 0 Å². The summed E-state index contributed by atoms with van der Waals surface area (Å²) in [6, 6.07) is 0. The van der Waals surface area contributed by atoms with Gasteiger partial charge in [-0.25, -0.2) is 0 Å². The molecule has 0 aliphatic heterocycles. The Balaban J connectivity index is 2.39. The zero-order valence-electron chi connectivity index (χ0n) is 6.29. The fraction of sp³-hybridized carbons (Fsp3) is 1.00. The van der Waals surface area contributed by atoms with Crippen molar-refractivity contribution < 1.29 is 9.46 Å². The average Bonchev–Trinajstić information content (AvgIpc) is 2.36. The number of hydrogen-bond acceptors (Lipinski definition) is 1. The van der Waals surface area contributed by atoms with Gasteiger partial charge in [0.25, 0.3) is 0 Å². The van der Waals surface area contributed by atoms with Crippen molar-refractivity contribution in [1.29, 1.82) is 0 Å². The van der Waals surface area contributed by atoms with Crippen LogP contribution in [-0.4, -0.2) is 10.6 Å². The summed E-state index contributed by atoms with van der Waals surface area (Å²) in [5.74, 6) is 0.522. The molecule has 1 N–H and O–H groups in total. The van der Waals surface area contributed by atoms with Gasteiger partial charge in [-0.3, -0.25) is 0 Å². The van der Waals surface area contributed by atoms with Crippen molar-refractivity contribution in [3.05, 3.63) is 0 Å². The summed E-state index contributed by atoms with van der Waals surface area (Å²) in [4.78, 5) is 8.79. The Kier molecular flexibility index (Phi) is 2.82. The Morgan fingerprint density at radius 3 is 2.40 bits per heavy atom. The highest BCUT2D eigenvalue weighted by atomic mass is 31.1. The van der Waals surface area contributed by atoms with Crippen LogP contribution >= 0.6 is 8.03 Å². The maximum Gasteiger partial charge on any atom is 0.508 e. The smallest absolute Gasteiger partial charge is 0.161 e. The molecule has 0 saturated heterocycles. The van der Waals surface area contributed by atoms with E-state index in [-0.39, 0.29) is 5.66 Å². The molecule has 58 valence electrons. The normalized spacial score (nSPS) is 24.8. The zero-order valence-corrected chi connectivity index (χ0v) is 7.18. The van der Waals surface area contributed by atoms with Crippen LogP contribution in [0.4, 0.5) is 0 Å². The van der Waals surface area contributed by atoms with E-state index in [0.29, 0.717) is 5.92 Å². The van der Waals surface area contributed by atoms with Crippen LogP contribution in [0.3, 0.4) is 0 Å². The molecule has 0 bridgehead atoms. The molecule has 3 heteroatoms. The van der Waals surface area contributed by atoms with Crippen LogP contribution in [0.5, 0.6) is 0 Å². The monoisotopic (exact) mass is 161 g/mol. The van der Waals surface area contributed by atoms with Gasteiger partial charge in [-0.2, -0.15) is 4.89 Å². The Labute approximate surface area is 62.5 Å². The molecule has 0 aromatic carbocycles. The second kappa shape index (κ2) is 3.45. The Hall–Kier alpha value is 0.0600. The first-order chi connectivity index (χ1) is 4.72. The van der Waals surface area contributed by atoms with Gasteiger partial charge < -0.3 is 0 Å². The van der Waals surface area contributed by atoms with E-state index >= 15 is 0 Å². The van der Waals surface area contributed by atoms with Gasteiger partial charge in [0, 0.05) is 5.92 Å². The number of hydrogen-bond donors (Lipinski definition) is 1. The number of rotatable bonds is 2. The lowest BCUT2D eigenvalue weighted by Crippen LogP contribution is -2.08. The second-order valence-electron chi connectivity index (χ2n) is 3.09. The van der Waals surface area contributed by atoms with Crippen molar-refractivity contribution in [2.24, 2.45) is 5.92 Å².